The number of rotatable bonds is 4. The Balaban J connectivity index is 1.34. The van der Waals surface area contributed by atoms with Crippen molar-refractivity contribution in [2.45, 2.75) is 82.0 Å². The molecule has 0 spiro atoms. The number of halogens is 1. The van der Waals surface area contributed by atoms with E-state index in [1.165, 1.54) is 50.8 Å². The Hall–Kier alpha value is -0.610. The Bertz CT molecular complexity index is 616. The number of allylic oxidation sites excluding steroid dienone is 4. The maximum atomic E-state index is 11.1. The van der Waals surface area contributed by atoms with Gasteiger partial charge in [-0.3, -0.25) is 4.90 Å². The lowest BCUT2D eigenvalue weighted by Crippen LogP contribution is -2.43. The summed E-state index contributed by atoms with van der Waals surface area (Å²) in [5.74, 6) is 0.130. The number of nitrogens with zero attached hydrogens (tertiary/aromatic N) is 1. The highest BCUT2D eigenvalue weighted by Gasteiger charge is 2.40. The second kappa shape index (κ2) is 8.41. The first-order chi connectivity index (χ1) is 13.1. The number of ether oxygens (including phenoxy) is 1. The molecular weight excluding hydrogens is 358 g/mol. The third-order valence-electron chi connectivity index (χ3n) is 7.43. The van der Waals surface area contributed by atoms with Crippen LogP contribution in [0.25, 0.3) is 0 Å². The van der Waals surface area contributed by atoms with Crippen LogP contribution in [0.4, 0.5) is 0 Å². The van der Waals surface area contributed by atoms with Crippen LogP contribution < -0.4 is 0 Å². The third kappa shape index (κ3) is 4.37. The van der Waals surface area contributed by atoms with Gasteiger partial charge in [-0.2, -0.15) is 0 Å². The molecule has 3 aliphatic carbocycles. The highest BCUT2D eigenvalue weighted by Crippen LogP contribution is 2.42. The van der Waals surface area contributed by atoms with E-state index < -0.39 is 5.60 Å². The Kier molecular flexibility index (Phi) is 6.13. The van der Waals surface area contributed by atoms with Gasteiger partial charge in [0.05, 0.1) is 11.7 Å². The average Bonchev–Trinajstić information content (AvgIpc) is 2.64. The molecule has 0 aromatic rings. The smallest absolute Gasteiger partial charge is 0.0715 e. The van der Waals surface area contributed by atoms with Crippen LogP contribution in [0.3, 0.4) is 0 Å². The van der Waals surface area contributed by atoms with Crippen LogP contribution >= 0.6 is 11.6 Å². The zero-order valence-electron chi connectivity index (χ0n) is 16.6. The molecule has 0 bridgehead atoms. The van der Waals surface area contributed by atoms with Crippen molar-refractivity contribution < 1.29 is 9.84 Å². The summed E-state index contributed by atoms with van der Waals surface area (Å²) in [6, 6.07) is 0.860. The predicted octanol–water partition coefficient (Wildman–Crippen LogP) is 4.95. The summed E-state index contributed by atoms with van der Waals surface area (Å²) in [5, 5.41) is 12.0. The quantitative estimate of drug-likeness (QED) is 0.735. The van der Waals surface area contributed by atoms with E-state index in [9.17, 15) is 5.11 Å². The first kappa shape index (κ1) is 19.7. The van der Waals surface area contributed by atoms with E-state index in [1.54, 1.807) is 7.11 Å². The minimum Gasteiger partial charge on any atom is -0.389 e. The fourth-order valence-electron chi connectivity index (χ4n) is 5.18. The highest BCUT2D eigenvalue weighted by molar-refractivity contribution is 6.32. The Morgan fingerprint density at radius 2 is 1.89 bits per heavy atom. The van der Waals surface area contributed by atoms with Crippen molar-refractivity contribution in [2.24, 2.45) is 5.92 Å². The molecule has 1 N–H and O–H groups in total. The number of piperidine rings is 1. The van der Waals surface area contributed by atoms with Crippen LogP contribution in [0.1, 0.15) is 64.2 Å². The summed E-state index contributed by atoms with van der Waals surface area (Å²) >= 11 is 6.65. The topological polar surface area (TPSA) is 32.7 Å². The SMILES string of the molecule is COC1CCC(O)(C2C=C(Cl)C(C=C3CCN(C4CCC4)CC3)=CC2)CC1. The van der Waals surface area contributed by atoms with Crippen LogP contribution in [0.15, 0.2) is 34.4 Å². The van der Waals surface area contributed by atoms with Gasteiger partial charge in [-0.1, -0.05) is 41.8 Å². The highest BCUT2D eigenvalue weighted by atomic mass is 35.5. The van der Waals surface area contributed by atoms with Crippen LogP contribution in [0.2, 0.25) is 0 Å². The molecule has 1 atom stereocenters. The molecule has 3 nitrogen and oxygen atoms in total. The molecule has 27 heavy (non-hydrogen) atoms. The fraction of sp³-hybridized carbons (Fsp3) is 0.739. The number of aliphatic hydroxyl groups is 1. The summed E-state index contributed by atoms with van der Waals surface area (Å²) in [6.45, 7) is 2.41. The molecule has 1 saturated heterocycles. The van der Waals surface area contributed by atoms with Gasteiger partial charge in [0.1, 0.15) is 0 Å². The van der Waals surface area contributed by atoms with Gasteiger partial charge in [0.2, 0.25) is 0 Å². The first-order valence-corrected chi connectivity index (χ1v) is 11.2. The predicted molar refractivity (Wildman–Crippen MR) is 111 cm³/mol. The van der Waals surface area contributed by atoms with E-state index in [0.29, 0.717) is 6.10 Å². The van der Waals surface area contributed by atoms with Gasteiger partial charge in [0.25, 0.3) is 0 Å². The number of likely N-dealkylation sites (tertiary alicyclic amines) is 1. The van der Waals surface area contributed by atoms with Crippen molar-refractivity contribution in [3.8, 4) is 0 Å². The van der Waals surface area contributed by atoms with Gasteiger partial charge in [0, 0.05) is 37.2 Å². The molecule has 2 saturated carbocycles. The zero-order chi connectivity index (χ0) is 18.9. The average molecular weight is 392 g/mol. The lowest BCUT2D eigenvalue weighted by atomic mass is 9.72. The second-order valence-electron chi connectivity index (χ2n) is 8.98. The lowest BCUT2D eigenvalue weighted by molar-refractivity contribution is -0.0684. The molecule has 3 fully saturated rings. The van der Waals surface area contributed by atoms with Gasteiger partial charge >= 0.3 is 0 Å². The molecule has 1 aliphatic heterocycles. The van der Waals surface area contributed by atoms with Crippen LogP contribution in [0.5, 0.6) is 0 Å². The molecule has 4 rings (SSSR count). The standard InChI is InChI=1S/C23H34ClNO2/c1-27-21-7-11-23(26,12-8-21)19-6-5-18(22(24)16-19)15-17-9-13-25(14-10-17)20-3-2-4-20/h5,15-16,19-21,26H,2-4,6-14H2,1H3. The molecular formula is C23H34ClNO2. The summed E-state index contributed by atoms with van der Waals surface area (Å²) in [4.78, 5) is 2.68. The Morgan fingerprint density at radius 1 is 1.19 bits per heavy atom. The molecule has 0 aromatic carbocycles. The summed E-state index contributed by atoms with van der Waals surface area (Å²) in [6.07, 6.45) is 17.9. The Labute approximate surface area is 169 Å². The lowest BCUT2D eigenvalue weighted by Gasteiger charge is -2.41. The van der Waals surface area contributed by atoms with Gasteiger partial charge in [-0.05, 0) is 63.4 Å². The summed E-state index contributed by atoms with van der Waals surface area (Å²) < 4.78 is 5.45. The van der Waals surface area contributed by atoms with Crippen molar-refractivity contribution in [1.29, 1.82) is 0 Å². The van der Waals surface area contributed by atoms with E-state index in [4.69, 9.17) is 16.3 Å². The van der Waals surface area contributed by atoms with Gasteiger partial charge in [-0.15, -0.1) is 0 Å². The molecule has 0 amide bonds. The molecule has 4 heteroatoms. The van der Waals surface area contributed by atoms with E-state index >= 15 is 0 Å². The largest absolute Gasteiger partial charge is 0.389 e. The normalized spacial score (nSPS) is 36.0. The molecule has 1 unspecified atom stereocenters. The molecule has 150 valence electrons. The monoisotopic (exact) mass is 391 g/mol. The van der Waals surface area contributed by atoms with Crippen molar-refractivity contribution >= 4 is 11.6 Å². The van der Waals surface area contributed by atoms with Crippen molar-refractivity contribution in [3.63, 3.8) is 0 Å². The van der Waals surface area contributed by atoms with E-state index in [-0.39, 0.29) is 5.92 Å². The molecule has 0 radical (unpaired) electrons. The number of hydrogen-bond donors (Lipinski definition) is 1. The van der Waals surface area contributed by atoms with Gasteiger partial charge in [-0.25, -0.2) is 0 Å². The second-order valence-corrected chi connectivity index (χ2v) is 9.39. The minimum atomic E-state index is -0.627. The van der Waals surface area contributed by atoms with Crippen molar-refractivity contribution in [2.75, 3.05) is 20.2 Å². The van der Waals surface area contributed by atoms with Crippen LogP contribution in [-0.4, -0.2) is 48.0 Å². The van der Waals surface area contributed by atoms with Crippen LogP contribution in [0, 0.1) is 5.92 Å². The molecule has 1 heterocycles. The number of hydrogen-bond acceptors (Lipinski definition) is 3. The van der Waals surface area contributed by atoms with Gasteiger partial charge in [0.15, 0.2) is 0 Å². The maximum absolute atomic E-state index is 11.1. The van der Waals surface area contributed by atoms with Crippen LogP contribution in [-0.2, 0) is 4.74 Å². The van der Waals surface area contributed by atoms with E-state index in [1.807, 2.05) is 0 Å². The Morgan fingerprint density at radius 3 is 2.44 bits per heavy atom. The summed E-state index contributed by atoms with van der Waals surface area (Å²) in [5.41, 5.74) is 2.06. The first-order valence-electron chi connectivity index (χ1n) is 10.8. The zero-order valence-corrected chi connectivity index (χ0v) is 17.4. The third-order valence-corrected chi connectivity index (χ3v) is 7.77. The fourth-order valence-corrected chi connectivity index (χ4v) is 5.47. The maximum Gasteiger partial charge on any atom is 0.0715 e. The molecule has 0 aromatic heterocycles. The molecule has 4 aliphatic rings. The van der Waals surface area contributed by atoms with E-state index in [2.05, 4.69) is 23.1 Å². The summed E-state index contributed by atoms with van der Waals surface area (Å²) in [7, 11) is 1.77. The number of methoxy groups -OCH3 is 1. The minimum absolute atomic E-state index is 0.130. The van der Waals surface area contributed by atoms with E-state index in [0.717, 1.165) is 48.8 Å². The van der Waals surface area contributed by atoms with Crippen molar-refractivity contribution in [1.82, 2.24) is 4.90 Å². The van der Waals surface area contributed by atoms with Crippen molar-refractivity contribution in [3.05, 3.63) is 34.4 Å². The van der Waals surface area contributed by atoms with Gasteiger partial charge < -0.3 is 9.84 Å².